The fraction of sp³-hybridized carbons (Fsp3) is 0. The molecule has 13 aromatic rings. The molecule has 244 valence electrons. The summed E-state index contributed by atoms with van der Waals surface area (Å²) < 4.78 is 4.94. The largest absolute Gasteiger partial charge is 0.308 e. The summed E-state index contributed by atoms with van der Waals surface area (Å²) in [4.78, 5) is 7.85. The van der Waals surface area contributed by atoms with Gasteiger partial charge in [0.2, 0.25) is 0 Å². The molecule has 13 rings (SSSR count). The number of rotatable bonds is 3. The van der Waals surface area contributed by atoms with Gasteiger partial charge in [0.15, 0.2) is 0 Å². The Morgan fingerprint density at radius 2 is 0.962 bits per heavy atom. The molecule has 0 atom stereocenters. The van der Waals surface area contributed by atoms with Gasteiger partial charge in [-0.3, -0.25) is 4.40 Å². The number of nitrogens with zero attached hydrogens (tertiary/aromatic N) is 4. The minimum Gasteiger partial charge on any atom is -0.308 e. The van der Waals surface area contributed by atoms with Gasteiger partial charge in [0, 0.05) is 59.9 Å². The van der Waals surface area contributed by atoms with E-state index < -0.39 is 0 Å². The molecule has 0 radical (unpaired) electrons. The van der Waals surface area contributed by atoms with Gasteiger partial charge >= 0.3 is 0 Å². The van der Waals surface area contributed by atoms with Gasteiger partial charge in [0.1, 0.15) is 5.65 Å². The number of fused-ring (bicyclic) bond motifs is 16. The van der Waals surface area contributed by atoms with Crippen LogP contribution in [0.4, 0.5) is 17.1 Å². The lowest BCUT2D eigenvalue weighted by Crippen LogP contribution is -2.11. The molecule has 0 N–H and O–H groups in total. The van der Waals surface area contributed by atoms with E-state index in [1.54, 1.807) is 0 Å². The maximum atomic E-state index is 5.40. The second-order valence-corrected chi connectivity index (χ2v) is 14.3. The van der Waals surface area contributed by atoms with Crippen LogP contribution >= 0.6 is 0 Å². The molecule has 0 saturated heterocycles. The first-order chi connectivity index (χ1) is 26.3. The smallest absolute Gasteiger partial charge is 0.146 e. The van der Waals surface area contributed by atoms with Crippen molar-refractivity contribution in [3.63, 3.8) is 0 Å². The minimum atomic E-state index is 1.01. The third kappa shape index (κ3) is 3.34. The zero-order valence-corrected chi connectivity index (χ0v) is 28.5. The van der Waals surface area contributed by atoms with Gasteiger partial charge in [0.05, 0.1) is 39.5 Å². The first-order valence-electron chi connectivity index (χ1n) is 18.2. The van der Waals surface area contributed by atoms with Gasteiger partial charge in [-0.1, -0.05) is 121 Å². The van der Waals surface area contributed by atoms with E-state index in [1.165, 1.54) is 86.7 Å². The number of anilines is 3. The molecule has 0 aliphatic heterocycles. The molecule has 5 heterocycles. The Hall–Kier alpha value is -7.17. The third-order valence-electron chi connectivity index (χ3n) is 11.7. The van der Waals surface area contributed by atoms with E-state index >= 15 is 0 Å². The number of benzene rings is 8. The van der Waals surface area contributed by atoms with Gasteiger partial charge in [-0.05, 0) is 58.6 Å². The maximum absolute atomic E-state index is 5.40. The summed E-state index contributed by atoms with van der Waals surface area (Å²) in [6.45, 7) is 0. The van der Waals surface area contributed by atoms with Gasteiger partial charge in [-0.25, -0.2) is 4.98 Å². The van der Waals surface area contributed by atoms with Crippen LogP contribution in [0.2, 0.25) is 0 Å². The highest BCUT2D eigenvalue weighted by atomic mass is 15.2. The molecule has 0 aliphatic rings. The Balaban J connectivity index is 1.33. The van der Waals surface area contributed by atoms with Crippen molar-refractivity contribution in [2.75, 3.05) is 4.90 Å². The maximum Gasteiger partial charge on any atom is 0.146 e. The fourth-order valence-electron chi connectivity index (χ4n) is 9.71. The van der Waals surface area contributed by atoms with Crippen molar-refractivity contribution in [2.24, 2.45) is 0 Å². The van der Waals surface area contributed by atoms with Crippen molar-refractivity contribution in [1.29, 1.82) is 0 Å². The number of para-hydroxylation sites is 4. The number of pyridine rings is 1. The summed E-state index contributed by atoms with van der Waals surface area (Å²) in [6, 6.07) is 59.7. The Morgan fingerprint density at radius 3 is 1.72 bits per heavy atom. The molecule has 0 fully saturated rings. The second kappa shape index (κ2) is 9.78. The van der Waals surface area contributed by atoms with E-state index in [4.69, 9.17) is 4.98 Å². The zero-order valence-electron chi connectivity index (χ0n) is 28.5. The van der Waals surface area contributed by atoms with E-state index in [1.807, 2.05) is 0 Å². The van der Waals surface area contributed by atoms with E-state index in [0.29, 0.717) is 0 Å². The summed E-state index contributed by atoms with van der Waals surface area (Å²) in [5.74, 6) is 0. The van der Waals surface area contributed by atoms with Gasteiger partial charge < -0.3 is 9.30 Å². The van der Waals surface area contributed by atoms with Crippen LogP contribution in [-0.2, 0) is 0 Å². The summed E-state index contributed by atoms with van der Waals surface area (Å²) in [6.07, 6.45) is 2.14. The molecular formula is C49H28N4. The van der Waals surface area contributed by atoms with E-state index in [-0.39, 0.29) is 0 Å². The van der Waals surface area contributed by atoms with E-state index in [9.17, 15) is 0 Å². The molecule has 4 nitrogen and oxygen atoms in total. The molecule has 0 amide bonds. The van der Waals surface area contributed by atoms with Gasteiger partial charge in [-0.15, -0.1) is 0 Å². The second-order valence-electron chi connectivity index (χ2n) is 14.3. The quantitative estimate of drug-likeness (QED) is 0.187. The normalized spacial score (nSPS) is 12.5. The molecule has 4 heteroatoms. The van der Waals surface area contributed by atoms with Crippen molar-refractivity contribution < 1.29 is 0 Å². The predicted molar refractivity (Wildman–Crippen MR) is 223 cm³/mol. The summed E-state index contributed by atoms with van der Waals surface area (Å²) >= 11 is 0. The van der Waals surface area contributed by atoms with Crippen LogP contribution in [-0.4, -0.2) is 13.8 Å². The van der Waals surface area contributed by atoms with Crippen LogP contribution in [0.25, 0.3) is 97.9 Å². The van der Waals surface area contributed by atoms with E-state index in [2.05, 4.69) is 184 Å². The van der Waals surface area contributed by atoms with Crippen molar-refractivity contribution in [1.82, 2.24) is 13.8 Å². The fourth-order valence-corrected chi connectivity index (χ4v) is 9.71. The molecule has 8 aromatic carbocycles. The summed E-state index contributed by atoms with van der Waals surface area (Å²) in [7, 11) is 0. The van der Waals surface area contributed by atoms with Crippen LogP contribution in [0, 0.1) is 0 Å². The lowest BCUT2D eigenvalue weighted by Gasteiger charge is -2.28. The minimum absolute atomic E-state index is 1.01. The van der Waals surface area contributed by atoms with Crippen LogP contribution in [0.3, 0.4) is 0 Å². The van der Waals surface area contributed by atoms with Crippen LogP contribution in [0.15, 0.2) is 170 Å². The molecular weight excluding hydrogens is 645 g/mol. The van der Waals surface area contributed by atoms with Crippen LogP contribution in [0.5, 0.6) is 0 Å². The SMILES string of the molecule is c1ccc(N(c2ccccc2)c2c3ccccc3cc3c4c5ccccc5cc5c6c7c8cccc9c%10ccccc%10n(c7ncc6n(c23)c54)c98)cc1. The average Bonchev–Trinajstić information content (AvgIpc) is 3.94. The van der Waals surface area contributed by atoms with Gasteiger partial charge in [-0.2, -0.15) is 0 Å². The van der Waals surface area contributed by atoms with E-state index in [0.717, 1.165) is 28.2 Å². The first kappa shape index (κ1) is 27.5. The number of hydrogen-bond acceptors (Lipinski definition) is 2. The lowest BCUT2D eigenvalue weighted by molar-refractivity contribution is 1.25. The highest BCUT2D eigenvalue weighted by Gasteiger charge is 2.29. The van der Waals surface area contributed by atoms with Crippen LogP contribution in [0.1, 0.15) is 0 Å². The summed E-state index contributed by atoms with van der Waals surface area (Å²) in [5.41, 5.74) is 10.4. The summed E-state index contributed by atoms with van der Waals surface area (Å²) in [5, 5.41) is 15.0. The van der Waals surface area contributed by atoms with Gasteiger partial charge in [0.25, 0.3) is 0 Å². The Bertz CT molecular complexity index is 3580. The molecule has 0 unspecified atom stereocenters. The predicted octanol–water partition coefficient (Wildman–Crippen LogP) is 13.2. The standard InChI is InChI=1S/C49H28N4/c1-3-16-31(17-4-1)51(32-18-5-2-6-19-32)47-34-21-10-8-15-30(34)27-38-42-33-20-9-7-14-29(33)26-39-43-41(52(46(39)42)48(38)47)28-50-49-44(43)37-24-13-23-36-35-22-11-12-25-40(35)53(49)45(36)37/h1-28H. The van der Waals surface area contributed by atoms with Crippen molar-refractivity contribution in [3.05, 3.63) is 170 Å². The Morgan fingerprint density at radius 1 is 0.377 bits per heavy atom. The lowest BCUT2D eigenvalue weighted by atomic mass is 9.97. The molecule has 0 bridgehead atoms. The Labute approximate surface area is 302 Å². The molecule has 53 heavy (non-hydrogen) atoms. The molecule has 5 aromatic heterocycles. The van der Waals surface area contributed by atoms with Crippen molar-refractivity contribution >= 4 is 115 Å². The topological polar surface area (TPSA) is 24.9 Å². The van der Waals surface area contributed by atoms with Crippen LogP contribution < -0.4 is 4.90 Å². The zero-order chi connectivity index (χ0) is 34.4. The Kier molecular flexibility index (Phi) is 5.08. The first-order valence-corrected chi connectivity index (χ1v) is 18.2. The molecule has 0 spiro atoms. The molecule has 0 aliphatic carbocycles. The number of aromatic nitrogens is 3. The van der Waals surface area contributed by atoms with Crippen molar-refractivity contribution in [3.8, 4) is 0 Å². The molecule has 0 saturated carbocycles. The monoisotopic (exact) mass is 672 g/mol. The average molecular weight is 673 g/mol. The highest BCUT2D eigenvalue weighted by Crippen LogP contribution is 2.52. The highest BCUT2D eigenvalue weighted by molar-refractivity contribution is 6.39. The van der Waals surface area contributed by atoms with Crippen molar-refractivity contribution in [2.45, 2.75) is 0 Å². The number of hydrogen-bond donors (Lipinski definition) is 0. The third-order valence-corrected chi connectivity index (χ3v) is 11.7.